The first-order valence-electron chi connectivity index (χ1n) is 4.82. The molecule has 0 radical (unpaired) electrons. The molecule has 1 rings (SSSR count). The van der Waals surface area contributed by atoms with Gasteiger partial charge >= 0.3 is 5.76 Å². The van der Waals surface area contributed by atoms with E-state index in [1.165, 1.54) is 18.2 Å². The molecule has 0 spiro atoms. The minimum absolute atomic E-state index is 0.106. The third-order valence-corrected chi connectivity index (χ3v) is 2.65. The lowest BCUT2D eigenvalue weighted by molar-refractivity contribution is 0.236. The molecule has 0 unspecified atom stereocenters. The summed E-state index contributed by atoms with van der Waals surface area (Å²) in [5, 5.41) is 8.51. The SMILES string of the molecule is O=S(=O)(Nc1cccc(C#CCCO)n1)C(F)F. The molecule has 0 aliphatic carbocycles. The van der Waals surface area contributed by atoms with Gasteiger partial charge in [-0.3, -0.25) is 4.72 Å². The molecule has 0 aliphatic heterocycles. The first kappa shape index (κ1) is 14.3. The number of aromatic nitrogens is 1. The van der Waals surface area contributed by atoms with Gasteiger partial charge in [0.05, 0.1) is 6.61 Å². The van der Waals surface area contributed by atoms with Gasteiger partial charge in [0.15, 0.2) is 0 Å². The van der Waals surface area contributed by atoms with Gasteiger partial charge in [-0.05, 0) is 18.1 Å². The summed E-state index contributed by atoms with van der Waals surface area (Å²) in [5.41, 5.74) is 0.220. The van der Waals surface area contributed by atoms with E-state index in [9.17, 15) is 17.2 Å². The van der Waals surface area contributed by atoms with Crippen LogP contribution in [0.2, 0.25) is 0 Å². The summed E-state index contributed by atoms with van der Waals surface area (Å²) in [7, 11) is -4.73. The Kier molecular flexibility index (Phi) is 5.00. The third kappa shape index (κ3) is 4.27. The second-order valence-electron chi connectivity index (χ2n) is 3.09. The number of anilines is 1. The standard InChI is InChI=1S/C10H10F2N2O3S/c11-10(12)18(16,17)14-9-6-3-5-8(13-9)4-1-2-7-15/h3,5-6,10,15H,2,7H2,(H,13,14). The van der Waals surface area contributed by atoms with Gasteiger partial charge in [-0.2, -0.15) is 8.78 Å². The maximum Gasteiger partial charge on any atom is 0.355 e. The van der Waals surface area contributed by atoms with Crippen molar-refractivity contribution in [1.29, 1.82) is 0 Å². The van der Waals surface area contributed by atoms with Gasteiger partial charge in [0.1, 0.15) is 11.5 Å². The summed E-state index contributed by atoms with van der Waals surface area (Å²) in [6, 6.07) is 4.15. The van der Waals surface area contributed by atoms with Crippen LogP contribution in [-0.2, 0) is 10.0 Å². The van der Waals surface area contributed by atoms with Crippen molar-refractivity contribution in [1.82, 2.24) is 4.98 Å². The van der Waals surface area contributed by atoms with Gasteiger partial charge in [-0.15, -0.1) is 0 Å². The zero-order valence-corrected chi connectivity index (χ0v) is 9.92. The number of rotatable bonds is 4. The van der Waals surface area contributed by atoms with Crippen LogP contribution in [0.25, 0.3) is 0 Å². The van der Waals surface area contributed by atoms with Crippen LogP contribution in [0.15, 0.2) is 18.2 Å². The van der Waals surface area contributed by atoms with E-state index in [0.29, 0.717) is 0 Å². The second kappa shape index (κ2) is 6.28. The lowest BCUT2D eigenvalue weighted by Crippen LogP contribution is -2.21. The second-order valence-corrected chi connectivity index (χ2v) is 4.74. The molecular weight excluding hydrogens is 266 g/mol. The van der Waals surface area contributed by atoms with Crippen molar-refractivity contribution in [2.45, 2.75) is 12.2 Å². The molecule has 1 aromatic rings. The van der Waals surface area contributed by atoms with Gasteiger partial charge in [0.2, 0.25) is 0 Å². The molecule has 0 bridgehead atoms. The molecule has 0 aromatic carbocycles. The number of nitrogens with zero attached hydrogens (tertiary/aromatic N) is 1. The minimum Gasteiger partial charge on any atom is -0.395 e. The average molecular weight is 276 g/mol. The van der Waals surface area contributed by atoms with E-state index >= 15 is 0 Å². The van der Waals surface area contributed by atoms with Gasteiger partial charge in [-0.25, -0.2) is 13.4 Å². The molecule has 0 fully saturated rings. The van der Waals surface area contributed by atoms with Crippen molar-refractivity contribution < 1.29 is 22.3 Å². The van der Waals surface area contributed by atoms with Crippen molar-refractivity contribution in [2.75, 3.05) is 11.3 Å². The first-order valence-corrected chi connectivity index (χ1v) is 6.37. The highest BCUT2D eigenvalue weighted by Gasteiger charge is 2.24. The fraction of sp³-hybridized carbons (Fsp3) is 0.300. The van der Waals surface area contributed by atoms with E-state index in [0.717, 1.165) is 0 Å². The monoisotopic (exact) mass is 276 g/mol. The molecule has 5 nitrogen and oxygen atoms in total. The van der Waals surface area contributed by atoms with Crippen LogP contribution in [0.1, 0.15) is 12.1 Å². The molecule has 98 valence electrons. The van der Waals surface area contributed by atoms with E-state index in [4.69, 9.17) is 5.11 Å². The molecule has 8 heteroatoms. The van der Waals surface area contributed by atoms with Gasteiger partial charge < -0.3 is 5.11 Å². The Hall–Kier alpha value is -1.72. The summed E-state index contributed by atoms with van der Waals surface area (Å²) in [4.78, 5) is 3.73. The maximum atomic E-state index is 12.1. The predicted octanol–water partition coefficient (Wildman–Crippen LogP) is 0.780. The van der Waals surface area contributed by atoms with Crippen molar-refractivity contribution in [3.63, 3.8) is 0 Å². The van der Waals surface area contributed by atoms with Crippen LogP contribution >= 0.6 is 0 Å². The Morgan fingerprint density at radius 3 is 2.78 bits per heavy atom. The number of alkyl halides is 2. The number of sulfonamides is 1. The van der Waals surface area contributed by atoms with Crippen LogP contribution < -0.4 is 4.72 Å². The topological polar surface area (TPSA) is 79.3 Å². The molecule has 2 N–H and O–H groups in total. The largest absolute Gasteiger partial charge is 0.395 e. The minimum atomic E-state index is -4.73. The van der Waals surface area contributed by atoms with E-state index in [1.807, 2.05) is 0 Å². The molecule has 0 saturated heterocycles. The highest BCUT2D eigenvalue weighted by molar-refractivity contribution is 7.92. The summed E-state index contributed by atoms with van der Waals surface area (Å²) in [6.45, 7) is -0.106. The number of hydrogen-bond acceptors (Lipinski definition) is 4. The van der Waals surface area contributed by atoms with Crippen molar-refractivity contribution in [3.05, 3.63) is 23.9 Å². The van der Waals surface area contributed by atoms with Crippen molar-refractivity contribution in [2.24, 2.45) is 0 Å². The van der Waals surface area contributed by atoms with Gasteiger partial charge in [-0.1, -0.05) is 12.0 Å². The summed E-state index contributed by atoms with van der Waals surface area (Å²) >= 11 is 0. The summed E-state index contributed by atoms with van der Waals surface area (Å²) in [6.07, 6.45) is 0.245. The van der Waals surface area contributed by atoms with Crippen LogP contribution in [0.5, 0.6) is 0 Å². The number of hydrogen-bond donors (Lipinski definition) is 2. The van der Waals surface area contributed by atoms with E-state index in [1.54, 1.807) is 4.72 Å². The predicted molar refractivity (Wildman–Crippen MR) is 61.4 cm³/mol. The molecule has 0 saturated carbocycles. The van der Waals surface area contributed by atoms with E-state index in [-0.39, 0.29) is 24.5 Å². The number of aliphatic hydroxyl groups is 1. The lowest BCUT2D eigenvalue weighted by Gasteiger charge is -2.05. The van der Waals surface area contributed by atoms with Crippen molar-refractivity contribution >= 4 is 15.8 Å². The normalized spacial score (nSPS) is 10.9. The lowest BCUT2D eigenvalue weighted by atomic mass is 10.3. The van der Waals surface area contributed by atoms with Gasteiger partial charge in [0, 0.05) is 6.42 Å². The molecule has 0 amide bonds. The Morgan fingerprint density at radius 1 is 1.44 bits per heavy atom. The third-order valence-electron chi connectivity index (χ3n) is 1.68. The zero-order valence-electron chi connectivity index (χ0n) is 9.10. The molecule has 0 atom stereocenters. The highest BCUT2D eigenvalue weighted by Crippen LogP contribution is 2.11. The number of nitrogens with one attached hydrogen (secondary N) is 1. The molecule has 18 heavy (non-hydrogen) atoms. The number of pyridine rings is 1. The van der Waals surface area contributed by atoms with Crippen LogP contribution in [0.3, 0.4) is 0 Å². The highest BCUT2D eigenvalue weighted by atomic mass is 32.2. The Morgan fingerprint density at radius 2 is 2.17 bits per heavy atom. The smallest absolute Gasteiger partial charge is 0.355 e. The molecule has 1 aromatic heterocycles. The van der Waals surface area contributed by atoms with Gasteiger partial charge in [0.25, 0.3) is 10.0 Å². The fourth-order valence-electron chi connectivity index (χ4n) is 0.960. The first-order chi connectivity index (χ1) is 8.45. The quantitative estimate of drug-likeness (QED) is 0.796. The average Bonchev–Trinajstić information content (AvgIpc) is 2.29. The number of aliphatic hydroxyl groups excluding tert-OH is 1. The van der Waals surface area contributed by atoms with Crippen LogP contribution in [0.4, 0.5) is 14.6 Å². The molecule has 1 heterocycles. The molecule has 0 aliphatic rings. The maximum absolute atomic E-state index is 12.1. The number of halogens is 2. The Labute approximate surface area is 103 Å². The van der Waals surface area contributed by atoms with E-state index < -0.39 is 15.8 Å². The summed E-state index contributed by atoms with van der Waals surface area (Å²) < 4.78 is 47.7. The van der Waals surface area contributed by atoms with E-state index in [2.05, 4.69) is 16.8 Å². The fourth-order valence-corrected chi connectivity index (χ4v) is 1.45. The van der Waals surface area contributed by atoms with Crippen molar-refractivity contribution in [3.8, 4) is 11.8 Å². The van der Waals surface area contributed by atoms with Crippen LogP contribution in [0, 0.1) is 11.8 Å². The molecular formula is C10H10F2N2O3S. The van der Waals surface area contributed by atoms with Crippen LogP contribution in [-0.4, -0.2) is 30.9 Å². The zero-order chi connectivity index (χ0) is 13.6. The Balaban J connectivity index is 2.88. The Bertz CT molecular complexity index is 564. The summed E-state index contributed by atoms with van der Waals surface area (Å²) in [5.74, 6) is 1.38.